The average Bonchev–Trinajstić information content (AvgIpc) is 3.36. The van der Waals surface area contributed by atoms with Gasteiger partial charge in [-0.3, -0.25) is 18.6 Å². The maximum atomic E-state index is 13.5. The molecule has 0 aromatic heterocycles. The van der Waals surface area contributed by atoms with Crippen LogP contribution in [0, 0.1) is 0 Å². The molecule has 0 bridgehead atoms. The van der Waals surface area contributed by atoms with E-state index in [9.17, 15) is 19.0 Å². The van der Waals surface area contributed by atoms with Crippen molar-refractivity contribution in [3.63, 3.8) is 0 Å². The number of nitrogens with one attached hydrogen (secondary N) is 1. The molecular weight excluding hydrogens is 940 g/mol. The van der Waals surface area contributed by atoms with Crippen LogP contribution in [0.3, 0.4) is 0 Å². The van der Waals surface area contributed by atoms with Crippen LogP contribution >= 0.6 is 7.82 Å². The number of rotatable bonds is 55. The lowest BCUT2D eigenvalue weighted by Gasteiger charge is -2.27. The molecule has 9 nitrogen and oxygen atoms in total. The molecule has 0 aliphatic heterocycles. The first-order valence-electron chi connectivity index (χ1n) is 30.8. The Hall–Kier alpha value is -2.55. The first-order chi connectivity index (χ1) is 35.9. The standard InChI is InChI=1S/C64H117N2O7P/c1-7-10-13-16-19-22-25-28-30-32-33-34-36-39-42-45-48-51-54-57-64(68)73-62(55-52-49-46-43-40-37-27-24-21-18-15-12-9-3)61(60-72-74(69,70)71-59-58-66(4,5)6)65-63(67)56-53-50-47-44-41-38-35-31-29-26-23-20-17-14-11-8-2/h19,22,28,30-31,33-35,38,41,52,55,61-62H,7-18,20-21,23-27,29,32,36-37,39-40,42-51,53-54,56-60H2,1-6H3,(H-,65,67,69,70)/p+1/b22-19-,30-28-,34-33-,35-31+,41-38+,55-52+. The molecule has 74 heavy (non-hydrogen) atoms. The summed E-state index contributed by atoms with van der Waals surface area (Å²) in [4.78, 5) is 37.7. The van der Waals surface area contributed by atoms with Gasteiger partial charge in [0.05, 0.1) is 33.8 Å². The van der Waals surface area contributed by atoms with Crippen LogP contribution < -0.4 is 5.32 Å². The van der Waals surface area contributed by atoms with Crippen LogP contribution in [0.1, 0.15) is 271 Å². The lowest BCUT2D eigenvalue weighted by molar-refractivity contribution is -0.870. The van der Waals surface area contributed by atoms with E-state index in [2.05, 4.69) is 86.8 Å². The molecule has 0 aliphatic carbocycles. The number of carbonyl (C=O) groups is 2. The van der Waals surface area contributed by atoms with E-state index in [1.807, 2.05) is 33.3 Å². The minimum Gasteiger partial charge on any atom is -0.456 e. The first kappa shape index (κ1) is 71.5. The predicted molar refractivity (Wildman–Crippen MR) is 318 cm³/mol. The van der Waals surface area contributed by atoms with Crippen molar-refractivity contribution in [1.29, 1.82) is 0 Å². The molecule has 0 fully saturated rings. The van der Waals surface area contributed by atoms with Crippen molar-refractivity contribution in [3.8, 4) is 0 Å². The summed E-state index contributed by atoms with van der Waals surface area (Å²) in [6.07, 6.45) is 68.9. The van der Waals surface area contributed by atoms with Gasteiger partial charge in [-0.25, -0.2) is 4.57 Å². The van der Waals surface area contributed by atoms with Crippen LogP contribution in [0.15, 0.2) is 72.9 Å². The molecule has 0 saturated carbocycles. The summed E-state index contributed by atoms with van der Waals surface area (Å²) in [5, 5.41) is 3.04. The van der Waals surface area contributed by atoms with Gasteiger partial charge in [0.25, 0.3) is 0 Å². The second-order valence-corrected chi connectivity index (χ2v) is 23.4. The van der Waals surface area contributed by atoms with Gasteiger partial charge in [-0.05, 0) is 96.0 Å². The summed E-state index contributed by atoms with van der Waals surface area (Å²) in [6, 6.07) is -0.870. The number of amides is 1. The maximum Gasteiger partial charge on any atom is 0.472 e. The number of hydrogen-bond acceptors (Lipinski definition) is 6. The lowest BCUT2D eigenvalue weighted by atomic mass is 10.0. The monoisotopic (exact) mass is 1060 g/mol. The molecule has 0 aliphatic rings. The third-order valence-corrected chi connectivity index (χ3v) is 14.4. The first-order valence-corrected chi connectivity index (χ1v) is 32.3. The van der Waals surface area contributed by atoms with Crippen LogP contribution in [-0.4, -0.2) is 74.3 Å². The maximum absolute atomic E-state index is 13.5. The molecule has 0 heterocycles. The highest BCUT2D eigenvalue weighted by Gasteiger charge is 2.30. The van der Waals surface area contributed by atoms with Crippen LogP contribution in [0.4, 0.5) is 0 Å². The zero-order valence-electron chi connectivity index (χ0n) is 49.1. The molecule has 10 heteroatoms. The molecule has 3 unspecified atom stereocenters. The van der Waals surface area contributed by atoms with Crippen molar-refractivity contribution in [2.75, 3.05) is 40.9 Å². The summed E-state index contributed by atoms with van der Waals surface area (Å²) in [5.41, 5.74) is 0. The van der Waals surface area contributed by atoms with Gasteiger partial charge in [0.1, 0.15) is 19.3 Å². The molecule has 1 amide bonds. The Morgan fingerprint density at radius 1 is 0.486 bits per heavy atom. The van der Waals surface area contributed by atoms with Gasteiger partial charge < -0.3 is 19.4 Å². The number of quaternary nitrogens is 1. The number of likely N-dealkylation sites (N-methyl/N-ethyl adjacent to an activating group) is 1. The molecule has 0 aromatic rings. The number of allylic oxidation sites excluding steroid dienone is 11. The Morgan fingerprint density at radius 2 is 0.865 bits per heavy atom. The zero-order valence-corrected chi connectivity index (χ0v) is 50.0. The minimum atomic E-state index is -4.46. The largest absolute Gasteiger partial charge is 0.472 e. The highest BCUT2D eigenvalue weighted by molar-refractivity contribution is 7.47. The molecule has 0 saturated heterocycles. The lowest BCUT2D eigenvalue weighted by Crippen LogP contribution is -2.47. The highest BCUT2D eigenvalue weighted by Crippen LogP contribution is 2.43. The van der Waals surface area contributed by atoms with Crippen molar-refractivity contribution in [2.24, 2.45) is 0 Å². The molecular formula is C64H118N2O7P+. The molecule has 2 N–H and O–H groups in total. The number of unbranched alkanes of at least 4 members (excludes halogenated alkanes) is 30. The highest BCUT2D eigenvalue weighted by atomic mass is 31.2. The Bertz CT molecular complexity index is 1500. The molecule has 430 valence electrons. The van der Waals surface area contributed by atoms with E-state index in [1.165, 1.54) is 141 Å². The fourth-order valence-corrected chi connectivity index (χ4v) is 9.32. The second-order valence-electron chi connectivity index (χ2n) is 21.9. The summed E-state index contributed by atoms with van der Waals surface area (Å²) in [7, 11) is 1.47. The number of ether oxygens (including phenoxy) is 1. The van der Waals surface area contributed by atoms with Gasteiger partial charge in [0.15, 0.2) is 0 Å². The van der Waals surface area contributed by atoms with Crippen LogP contribution in [0.2, 0.25) is 0 Å². The summed E-state index contributed by atoms with van der Waals surface area (Å²) in [6.45, 7) is 6.96. The van der Waals surface area contributed by atoms with E-state index in [0.29, 0.717) is 23.9 Å². The summed E-state index contributed by atoms with van der Waals surface area (Å²) < 4.78 is 30.7. The van der Waals surface area contributed by atoms with E-state index in [0.717, 1.165) is 89.9 Å². The van der Waals surface area contributed by atoms with E-state index < -0.39 is 20.0 Å². The average molecular weight is 1060 g/mol. The van der Waals surface area contributed by atoms with Crippen molar-refractivity contribution in [1.82, 2.24) is 5.32 Å². The van der Waals surface area contributed by atoms with Gasteiger partial charge in [0.2, 0.25) is 5.91 Å². The predicted octanol–water partition coefficient (Wildman–Crippen LogP) is 18.8. The fraction of sp³-hybridized carbons (Fsp3) is 0.781. The molecule has 3 atom stereocenters. The SMILES string of the molecule is CCCCC/C=C\C/C=C\C/C=C\CCCCCCCCC(=O)OC(/C=C/CCCCCCCCCCCCC)C(COP(=O)(O)OCC[N+](C)(C)C)NC(=O)CCCCC/C=C/C=C/CCCCCCCCC. The van der Waals surface area contributed by atoms with Gasteiger partial charge in [-0.1, -0.05) is 235 Å². The Morgan fingerprint density at radius 3 is 1.35 bits per heavy atom. The van der Waals surface area contributed by atoms with Gasteiger partial charge in [0, 0.05) is 12.8 Å². The smallest absolute Gasteiger partial charge is 0.456 e. The van der Waals surface area contributed by atoms with E-state index in [1.54, 1.807) is 0 Å². The Labute approximate surface area is 457 Å². The van der Waals surface area contributed by atoms with Gasteiger partial charge in [-0.2, -0.15) is 0 Å². The second kappa shape index (κ2) is 53.8. The third kappa shape index (κ3) is 54.2. The van der Waals surface area contributed by atoms with Crippen LogP contribution in [-0.2, 0) is 27.9 Å². The number of hydrogen-bond donors (Lipinski definition) is 2. The van der Waals surface area contributed by atoms with E-state index >= 15 is 0 Å². The van der Waals surface area contributed by atoms with Crippen LogP contribution in [0.25, 0.3) is 0 Å². The third-order valence-electron chi connectivity index (χ3n) is 13.4. The van der Waals surface area contributed by atoms with Crippen molar-refractivity contribution in [3.05, 3.63) is 72.9 Å². The van der Waals surface area contributed by atoms with E-state index in [-0.39, 0.29) is 31.5 Å². The Balaban J connectivity index is 5.38. The van der Waals surface area contributed by atoms with Crippen molar-refractivity contribution >= 4 is 19.7 Å². The van der Waals surface area contributed by atoms with Crippen LogP contribution in [0.5, 0.6) is 0 Å². The molecule has 0 aromatic carbocycles. The number of phosphoric acid groups is 1. The number of esters is 1. The quantitative estimate of drug-likeness (QED) is 0.0156. The van der Waals surface area contributed by atoms with E-state index in [4.69, 9.17) is 13.8 Å². The zero-order chi connectivity index (χ0) is 54.3. The fourth-order valence-electron chi connectivity index (χ4n) is 8.58. The number of phosphoric ester groups is 1. The number of carbonyl (C=O) groups excluding carboxylic acids is 2. The summed E-state index contributed by atoms with van der Waals surface area (Å²) >= 11 is 0. The normalized spacial score (nSPS) is 14.2. The van der Waals surface area contributed by atoms with Crippen molar-refractivity contribution < 1.29 is 37.3 Å². The van der Waals surface area contributed by atoms with Crippen molar-refractivity contribution in [2.45, 2.75) is 283 Å². The number of nitrogens with zero attached hydrogens (tertiary/aromatic N) is 1. The van der Waals surface area contributed by atoms with Gasteiger partial charge >= 0.3 is 13.8 Å². The molecule has 0 rings (SSSR count). The molecule has 0 spiro atoms. The topological polar surface area (TPSA) is 111 Å². The Kier molecular flexibility index (Phi) is 52.0. The van der Waals surface area contributed by atoms with Gasteiger partial charge in [-0.15, -0.1) is 0 Å². The summed E-state index contributed by atoms with van der Waals surface area (Å²) in [5.74, 6) is -0.548. The molecule has 0 radical (unpaired) electrons. The minimum absolute atomic E-state index is 0.0307.